The van der Waals surface area contributed by atoms with E-state index in [1.54, 1.807) is 29.8 Å². The van der Waals surface area contributed by atoms with Crippen LogP contribution in [0.2, 0.25) is 0 Å². The number of aryl methyl sites for hydroxylation is 1. The van der Waals surface area contributed by atoms with E-state index in [0.29, 0.717) is 16.5 Å². The van der Waals surface area contributed by atoms with Gasteiger partial charge in [0, 0.05) is 7.05 Å². The molecule has 1 aromatic heterocycles. The second-order valence-corrected chi connectivity index (χ2v) is 8.57. The Morgan fingerprint density at radius 3 is 2.79 bits per heavy atom. The largest absolute Gasteiger partial charge is 0.348 e. The number of fused-ring (bicyclic) bond motifs is 1. The van der Waals surface area contributed by atoms with E-state index >= 15 is 0 Å². The Labute approximate surface area is 173 Å². The lowest BCUT2D eigenvalue weighted by molar-refractivity contribution is -0.121. The van der Waals surface area contributed by atoms with Crippen LogP contribution < -0.4 is 5.32 Å². The minimum Gasteiger partial charge on any atom is -0.348 e. The van der Waals surface area contributed by atoms with Gasteiger partial charge >= 0.3 is 0 Å². The number of aromatic nitrogens is 3. The second-order valence-electron chi connectivity index (χ2n) is 7.26. The number of nitrogens with one attached hydrogen (secondary N) is 1. The molecule has 150 valence electrons. The molecule has 4 rings (SSSR count). The second kappa shape index (κ2) is 8.37. The predicted molar refractivity (Wildman–Crippen MR) is 112 cm³/mol. The van der Waals surface area contributed by atoms with Gasteiger partial charge in [0.1, 0.15) is 5.82 Å². The molecule has 0 saturated heterocycles. The molecule has 0 bridgehead atoms. The molecule has 0 radical (unpaired) electrons. The summed E-state index contributed by atoms with van der Waals surface area (Å²) in [5.74, 6) is 0.0628. The number of halogens is 1. The van der Waals surface area contributed by atoms with Crippen molar-refractivity contribution in [3.05, 3.63) is 65.5 Å². The lowest BCUT2D eigenvalue weighted by atomic mass is 9.88. The lowest BCUT2D eigenvalue weighted by Gasteiger charge is -2.27. The van der Waals surface area contributed by atoms with Gasteiger partial charge in [-0.3, -0.25) is 4.79 Å². The van der Waals surface area contributed by atoms with Crippen molar-refractivity contribution < 1.29 is 9.18 Å². The fourth-order valence-corrected chi connectivity index (χ4v) is 4.52. The van der Waals surface area contributed by atoms with Crippen LogP contribution in [0.5, 0.6) is 0 Å². The first kappa shape index (κ1) is 19.6. The van der Waals surface area contributed by atoms with Gasteiger partial charge in [0.05, 0.1) is 16.9 Å². The molecule has 1 amide bonds. The van der Waals surface area contributed by atoms with E-state index in [-0.39, 0.29) is 23.0 Å². The number of hydrogen-bond acceptors (Lipinski definition) is 4. The summed E-state index contributed by atoms with van der Waals surface area (Å²) >= 11 is 1.32. The average Bonchev–Trinajstić information content (AvgIpc) is 3.08. The molecule has 7 heteroatoms. The molecule has 5 nitrogen and oxygen atoms in total. The summed E-state index contributed by atoms with van der Waals surface area (Å²) in [5, 5.41) is 11.7. The Morgan fingerprint density at radius 2 is 1.97 bits per heavy atom. The fraction of sp³-hybridized carbons (Fsp3) is 0.318. The van der Waals surface area contributed by atoms with Crippen molar-refractivity contribution in [2.45, 2.75) is 42.6 Å². The van der Waals surface area contributed by atoms with E-state index < -0.39 is 0 Å². The molecule has 0 spiro atoms. The molecular formula is C22H23FN4OS. The van der Waals surface area contributed by atoms with Crippen LogP contribution in [0.25, 0.3) is 11.4 Å². The fourth-order valence-electron chi connectivity index (χ4n) is 3.70. The van der Waals surface area contributed by atoms with Crippen LogP contribution in [0.15, 0.2) is 53.7 Å². The van der Waals surface area contributed by atoms with Crippen LogP contribution in [0, 0.1) is 5.82 Å². The van der Waals surface area contributed by atoms with Gasteiger partial charge in [0.25, 0.3) is 0 Å². The van der Waals surface area contributed by atoms with Crippen molar-refractivity contribution in [3.63, 3.8) is 0 Å². The van der Waals surface area contributed by atoms with E-state index in [1.165, 1.54) is 29.0 Å². The molecule has 3 aromatic rings. The highest BCUT2D eigenvalue weighted by molar-refractivity contribution is 8.00. The number of amides is 1. The summed E-state index contributed by atoms with van der Waals surface area (Å²) in [4.78, 5) is 12.8. The van der Waals surface area contributed by atoms with E-state index in [2.05, 4.69) is 27.6 Å². The Balaban J connectivity index is 1.46. The minimum absolute atomic E-state index is 0.0351. The molecule has 0 saturated carbocycles. The number of nitrogens with zero attached hydrogens (tertiary/aromatic N) is 3. The molecule has 1 heterocycles. The summed E-state index contributed by atoms with van der Waals surface area (Å²) in [7, 11) is 1.78. The van der Waals surface area contributed by atoms with Crippen LogP contribution >= 0.6 is 11.8 Å². The average molecular weight is 411 g/mol. The van der Waals surface area contributed by atoms with Crippen molar-refractivity contribution in [2.75, 3.05) is 0 Å². The maximum absolute atomic E-state index is 14.1. The predicted octanol–water partition coefficient (Wildman–Crippen LogP) is 4.30. The highest BCUT2D eigenvalue weighted by atomic mass is 32.2. The number of carbonyl (C=O) groups excluding carboxylic acids is 1. The van der Waals surface area contributed by atoms with Gasteiger partial charge in [-0.05, 0) is 49.4 Å². The number of rotatable bonds is 5. The third-order valence-electron chi connectivity index (χ3n) is 5.29. The SMILES string of the molecule is C[C@H](Sc1nnc(-c2ccccc2F)n1C)C(=O)N[C@@H]1CCCc2ccccc21. The third-order valence-corrected chi connectivity index (χ3v) is 6.42. The standard InChI is InChI=1S/C22H23FN4OS/c1-14(21(28)24-19-13-7-9-15-8-3-4-10-16(15)19)29-22-26-25-20(27(22)2)17-11-5-6-12-18(17)23/h3-6,8,10-12,14,19H,7,9,13H2,1-2H3,(H,24,28)/t14-,19+/m0/s1. The Hall–Kier alpha value is -2.67. The van der Waals surface area contributed by atoms with Crippen LogP contribution in [0.1, 0.15) is 36.9 Å². The maximum atomic E-state index is 14.1. The van der Waals surface area contributed by atoms with Crippen LogP contribution in [0.3, 0.4) is 0 Å². The smallest absolute Gasteiger partial charge is 0.233 e. The molecule has 2 atom stereocenters. The van der Waals surface area contributed by atoms with Crippen LogP contribution in [0.4, 0.5) is 4.39 Å². The Kier molecular flexibility index (Phi) is 5.67. The Bertz CT molecular complexity index is 1040. The van der Waals surface area contributed by atoms with Crippen molar-refractivity contribution >= 4 is 17.7 Å². The topological polar surface area (TPSA) is 59.8 Å². The summed E-state index contributed by atoms with van der Waals surface area (Å²) < 4.78 is 15.8. The Morgan fingerprint density at radius 1 is 1.21 bits per heavy atom. The number of benzene rings is 2. The van der Waals surface area contributed by atoms with Gasteiger partial charge in [0.2, 0.25) is 5.91 Å². The van der Waals surface area contributed by atoms with E-state index in [9.17, 15) is 9.18 Å². The van der Waals surface area contributed by atoms with E-state index in [0.717, 1.165) is 19.3 Å². The molecular weight excluding hydrogens is 387 g/mol. The van der Waals surface area contributed by atoms with Gasteiger partial charge in [-0.15, -0.1) is 10.2 Å². The normalized spacial score (nSPS) is 16.9. The molecule has 2 aromatic carbocycles. The van der Waals surface area contributed by atoms with Gasteiger partial charge in [-0.1, -0.05) is 48.2 Å². The van der Waals surface area contributed by atoms with E-state index in [1.807, 2.05) is 19.1 Å². The van der Waals surface area contributed by atoms with Gasteiger partial charge in [-0.25, -0.2) is 4.39 Å². The zero-order chi connectivity index (χ0) is 20.4. The molecule has 29 heavy (non-hydrogen) atoms. The van der Waals surface area contributed by atoms with Crippen molar-refractivity contribution in [2.24, 2.45) is 7.05 Å². The summed E-state index contributed by atoms with van der Waals surface area (Å²) in [6.07, 6.45) is 3.07. The molecule has 0 unspecified atom stereocenters. The van der Waals surface area contributed by atoms with Gasteiger partial charge in [-0.2, -0.15) is 0 Å². The number of hydrogen-bond donors (Lipinski definition) is 1. The number of carbonyl (C=O) groups is 1. The first-order valence-corrected chi connectivity index (χ1v) is 10.6. The van der Waals surface area contributed by atoms with Crippen LogP contribution in [-0.2, 0) is 18.3 Å². The summed E-state index contributed by atoms with van der Waals surface area (Å²) in [6.45, 7) is 1.85. The first-order chi connectivity index (χ1) is 14.0. The highest BCUT2D eigenvalue weighted by Gasteiger charge is 2.25. The quantitative estimate of drug-likeness (QED) is 0.638. The van der Waals surface area contributed by atoms with Crippen molar-refractivity contribution in [1.29, 1.82) is 0 Å². The summed E-state index contributed by atoms with van der Waals surface area (Å²) in [6, 6.07) is 14.8. The zero-order valence-electron chi connectivity index (χ0n) is 16.4. The molecule has 1 aliphatic carbocycles. The van der Waals surface area contributed by atoms with Gasteiger partial charge < -0.3 is 9.88 Å². The molecule has 0 fully saturated rings. The van der Waals surface area contributed by atoms with Crippen molar-refractivity contribution in [1.82, 2.24) is 20.1 Å². The minimum atomic E-state index is -0.347. The monoisotopic (exact) mass is 410 g/mol. The molecule has 1 N–H and O–H groups in total. The highest BCUT2D eigenvalue weighted by Crippen LogP contribution is 2.31. The van der Waals surface area contributed by atoms with Gasteiger partial charge in [0.15, 0.2) is 11.0 Å². The van der Waals surface area contributed by atoms with E-state index in [4.69, 9.17) is 0 Å². The molecule has 1 aliphatic rings. The third kappa shape index (κ3) is 4.05. The first-order valence-electron chi connectivity index (χ1n) is 9.73. The number of thioether (sulfide) groups is 1. The summed E-state index contributed by atoms with van der Waals surface area (Å²) in [5.41, 5.74) is 2.92. The van der Waals surface area contributed by atoms with Crippen LogP contribution in [-0.4, -0.2) is 25.9 Å². The lowest BCUT2D eigenvalue weighted by Crippen LogP contribution is -2.36. The van der Waals surface area contributed by atoms with Crippen molar-refractivity contribution in [3.8, 4) is 11.4 Å². The maximum Gasteiger partial charge on any atom is 0.233 e. The zero-order valence-corrected chi connectivity index (χ0v) is 17.2. The molecule has 0 aliphatic heterocycles.